The Bertz CT molecular complexity index is 856. The predicted octanol–water partition coefficient (Wildman–Crippen LogP) is 3.27. The van der Waals surface area contributed by atoms with Crippen LogP contribution in [0.15, 0.2) is 48.5 Å². The van der Waals surface area contributed by atoms with Crippen molar-refractivity contribution in [2.24, 2.45) is 0 Å². The highest BCUT2D eigenvalue weighted by molar-refractivity contribution is 6.01. The molecular weight excluding hydrogens is 330 g/mol. The molecule has 1 amide bonds. The maximum absolute atomic E-state index is 12.3. The Morgan fingerprint density at radius 1 is 1.12 bits per heavy atom. The molecule has 7 nitrogen and oxygen atoms in total. The van der Waals surface area contributed by atoms with Crippen LogP contribution < -0.4 is 10.1 Å². The van der Waals surface area contributed by atoms with Crippen molar-refractivity contribution in [1.29, 1.82) is 0 Å². The van der Waals surface area contributed by atoms with Gasteiger partial charge >= 0.3 is 0 Å². The lowest BCUT2D eigenvalue weighted by Gasteiger charge is -2.04. The van der Waals surface area contributed by atoms with Gasteiger partial charge in [-0.2, -0.15) is 0 Å². The number of anilines is 1. The van der Waals surface area contributed by atoms with E-state index in [1.54, 1.807) is 31.4 Å². The summed E-state index contributed by atoms with van der Waals surface area (Å²) in [5.74, 6) is 0.344. The van der Waals surface area contributed by atoms with Crippen molar-refractivity contribution in [3.05, 3.63) is 59.9 Å². The standard InChI is InChI=1S/C19H21N5O2/c1-3-4-5-14-6-8-15(9-7-14)20-19(25)18-21-23-24(22-18)16-10-12-17(26-2)13-11-16/h6-13H,3-5H2,1-2H3,(H,20,25). The lowest BCUT2D eigenvalue weighted by molar-refractivity contribution is 0.101. The van der Waals surface area contributed by atoms with Gasteiger partial charge in [-0.3, -0.25) is 4.79 Å². The molecule has 0 spiro atoms. The Labute approximate surface area is 152 Å². The third kappa shape index (κ3) is 4.24. The van der Waals surface area contributed by atoms with E-state index in [1.807, 2.05) is 24.3 Å². The average molecular weight is 351 g/mol. The summed E-state index contributed by atoms with van der Waals surface area (Å²) in [6.07, 6.45) is 3.36. The third-order valence-electron chi connectivity index (χ3n) is 3.95. The Balaban J connectivity index is 1.65. The second kappa shape index (κ2) is 8.24. The van der Waals surface area contributed by atoms with Gasteiger partial charge in [-0.25, -0.2) is 0 Å². The molecule has 0 radical (unpaired) electrons. The van der Waals surface area contributed by atoms with E-state index in [4.69, 9.17) is 4.74 Å². The molecule has 0 unspecified atom stereocenters. The molecule has 1 heterocycles. The topological polar surface area (TPSA) is 81.9 Å². The molecule has 1 aromatic heterocycles. The quantitative estimate of drug-likeness (QED) is 0.706. The summed E-state index contributed by atoms with van der Waals surface area (Å²) in [5.41, 5.74) is 2.65. The molecule has 0 aliphatic rings. The van der Waals surface area contributed by atoms with Gasteiger partial charge in [0, 0.05) is 5.69 Å². The summed E-state index contributed by atoms with van der Waals surface area (Å²) < 4.78 is 5.12. The van der Waals surface area contributed by atoms with E-state index >= 15 is 0 Å². The molecule has 2 aromatic carbocycles. The summed E-state index contributed by atoms with van der Waals surface area (Å²) in [5, 5.41) is 14.7. The van der Waals surface area contributed by atoms with Crippen molar-refractivity contribution in [2.45, 2.75) is 26.2 Å². The molecule has 1 N–H and O–H groups in total. The van der Waals surface area contributed by atoms with E-state index in [0.29, 0.717) is 11.4 Å². The number of carbonyl (C=O) groups is 1. The number of hydrogen-bond acceptors (Lipinski definition) is 5. The summed E-state index contributed by atoms with van der Waals surface area (Å²) in [6, 6.07) is 15.0. The van der Waals surface area contributed by atoms with Gasteiger partial charge in [-0.15, -0.1) is 15.0 Å². The highest BCUT2D eigenvalue weighted by atomic mass is 16.5. The highest BCUT2D eigenvalue weighted by Crippen LogP contribution is 2.14. The predicted molar refractivity (Wildman–Crippen MR) is 98.7 cm³/mol. The number of hydrogen-bond donors (Lipinski definition) is 1. The van der Waals surface area contributed by atoms with Gasteiger partial charge in [0.2, 0.25) is 0 Å². The Hall–Kier alpha value is -3.22. The molecular formula is C19H21N5O2. The molecule has 0 atom stereocenters. The van der Waals surface area contributed by atoms with E-state index in [-0.39, 0.29) is 5.82 Å². The number of unbranched alkanes of at least 4 members (excludes halogenated alkanes) is 1. The van der Waals surface area contributed by atoms with E-state index in [0.717, 1.165) is 25.0 Å². The zero-order valence-electron chi connectivity index (χ0n) is 14.8. The maximum Gasteiger partial charge on any atom is 0.297 e. The number of nitrogens with one attached hydrogen (secondary N) is 1. The van der Waals surface area contributed by atoms with Crippen molar-refractivity contribution in [3.63, 3.8) is 0 Å². The minimum atomic E-state index is -0.397. The van der Waals surface area contributed by atoms with Gasteiger partial charge in [0.15, 0.2) is 0 Å². The Morgan fingerprint density at radius 2 is 1.85 bits per heavy atom. The molecule has 3 rings (SSSR count). The maximum atomic E-state index is 12.3. The van der Waals surface area contributed by atoms with Crippen LogP contribution in [0, 0.1) is 0 Å². The fourth-order valence-electron chi connectivity index (χ4n) is 2.45. The number of ether oxygens (including phenoxy) is 1. The Morgan fingerprint density at radius 3 is 2.50 bits per heavy atom. The van der Waals surface area contributed by atoms with E-state index < -0.39 is 5.91 Å². The van der Waals surface area contributed by atoms with Crippen molar-refractivity contribution >= 4 is 11.6 Å². The number of benzene rings is 2. The van der Waals surface area contributed by atoms with Crippen LogP contribution in [-0.2, 0) is 6.42 Å². The van der Waals surface area contributed by atoms with Gasteiger partial charge < -0.3 is 10.1 Å². The number of methoxy groups -OCH3 is 1. The molecule has 26 heavy (non-hydrogen) atoms. The normalized spacial score (nSPS) is 10.5. The number of nitrogens with zero attached hydrogens (tertiary/aromatic N) is 4. The van der Waals surface area contributed by atoms with Crippen LogP contribution in [0.3, 0.4) is 0 Å². The molecule has 0 aliphatic carbocycles. The molecule has 3 aromatic rings. The molecule has 0 saturated carbocycles. The zero-order valence-corrected chi connectivity index (χ0v) is 14.8. The number of carbonyl (C=O) groups excluding carboxylic acids is 1. The van der Waals surface area contributed by atoms with E-state index in [1.165, 1.54) is 10.4 Å². The summed E-state index contributed by atoms with van der Waals surface area (Å²) >= 11 is 0. The summed E-state index contributed by atoms with van der Waals surface area (Å²) in [7, 11) is 1.60. The fourth-order valence-corrected chi connectivity index (χ4v) is 2.45. The van der Waals surface area contributed by atoms with Crippen LogP contribution in [0.25, 0.3) is 5.69 Å². The lowest BCUT2D eigenvalue weighted by Crippen LogP contribution is -2.14. The molecule has 0 aliphatic heterocycles. The number of amides is 1. The summed E-state index contributed by atoms with van der Waals surface area (Å²) in [6.45, 7) is 2.17. The highest BCUT2D eigenvalue weighted by Gasteiger charge is 2.14. The third-order valence-corrected chi connectivity index (χ3v) is 3.95. The molecule has 0 fully saturated rings. The Kier molecular flexibility index (Phi) is 5.58. The molecule has 0 bridgehead atoms. The first kappa shape index (κ1) is 17.6. The second-order valence-corrected chi connectivity index (χ2v) is 5.86. The van der Waals surface area contributed by atoms with Crippen molar-refractivity contribution in [3.8, 4) is 11.4 Å². The van der Waals surface area contributed by atoms with Crippen LogP contribution in [0.2, 0.25) is 0 Å². The van der Waals surface area contributed by atoms with E-state index in [9.17, 15) is 4.79 Å². The molecule has 7 heteroatoms. The first-order valence-corrected chi connectivity index (χ1v) is 8.54. The van der Waals surface area contributed by atoms with Crippen LogP contribution in [0.1, 0.15) is 35.9 Å². The lowest BCUT2D eigenvalue weighted by atomic mass is 10.1. The van der Waals surface area contributed by atoms with Crippen molar-refractivity contribution in [1.82, 2.24) is 20.2 Å². The van der Waals surface area contributed by atoms with Gasteiger partial charge in [0.25, 0.3) is 11.7 Å². The monoisotopic (exact) mass is 351 g/mol. The SMILES string of the molecule is CCCCc1ccc(NC(=O)c2nnn(-c3ccc(OC)cc3)n2)cc1. The van der Waals surface area contributed by atoms with Crippen LogP contribution in [-0.4, -0.2) is 33.2 Å². The van der Waals surface area contributed by atoms with Gasteiger partial charge in [0.05, 0.1) is 12.8 Å². The van der Waals surface area contributed by atoms with E-state index in [2.05, 4.69) is 27.7 Å². The first-order valence-electron chi connectivity index (χ1n) is 8.54. The average Bonchev–Trinajstić information content (AvgIpc) is 3.18. The number of aromatic nitrogens is 4. The van der Waals surface area contributed by atoms with Gasteiger partial charge in [-0.05, 0) is 60.0 Å². The van der Waals surface area contributed by atoms with Crippen molar-refractivity contribution < 1.29 is 9.53 Å². The second-order valence-electron chi connectivity index (χ2n) is 5.86. The minimum absolute atomic E-state index is 0.0101. The zero-order chi connectivity index (χ0) is 18.4. The van der Waals surface area contributed by atoms with Crippen LogP contribution >= 0.6 is 0 Å². The van der Waals surface area contributed by atoms with Crippen molar-refractivity contribution in [2.75, 3.05) is 12.4 Å². The number of aryl methyl sites for hydroxylation is 1. The first-order chi connectivity index (χ1) is 12.7. The summed E-state index contributed by atoms with van der Waals surface area (Å²) in [4.78, 5) is 13.6. The largest absolute Gasteiger partial charge is 0.497 e. The van der Waals surface area contributed by atoms with Gasteiger partial charge in [-0.1, -0.05) is 25.5 Å². The minimum Gasteiger partial charge on any atom is -0.497 e. The smallest absolute Gasteiger partial charge is 0.297 e. The fraction of sp³-hybridized carbons (Fsp3) is 0.263. The van der Waals surface area contributed by atoms with Gasteiger partial charge in [0.1, 0.15) is 5.75 Å². The molecule has 0 saturated heterocycles. The van der Waals surface area contributed by atoms with Crippen LogP contribution in [0.4, 0.5) is 5.69 Å². The van der Waals surface area contributed by atoms with Crippen LogP contribution in [0.5, 0.6) is 5.75 Å². The number of tetrazole rings is 1. The number of rotatable bonds is 7. The molecule has 134 valence electrons.